The second-order valence-corrected chi connectivity index (χ2v) is 7.33. The van der Waals surface area contributed by atoms with Gasteiger partial charge in [-0.1, -0.05) is 47.6 Å². The zero-order chi connectivity index (χ0) is 18.9. The molecule has 6 heteroatoms. The van der Waals surface area contributed by atoms with E-state index < -0.39 is 11.7 Å². The van der Waals surface area contributed by atoms with Crippen molar-refractivity contribution in [3.8, 4) is 0 Å². The molecule has 0 bridgehead atoms. The number of nitrogens with zero attached hydrogens (tertiary/aromatic N) is 2. The van der Waals surface area contributed by atoms with Crippen molar-refractivity contribution in [1.29, 1.82) is 0 Å². The molecule has 0 aromatic heterocycles. The maximum atomic E-state index is 12.7. The molecular weight excluding hydrogens is 353 g/mol. The first-order chi connectivity index (χ1) is 12.9. The summed E-state index contributed by atoms with van der Waals surface area (Å²) in [6.45, 7) is 2.35. The van der Waals surface area contributed by atoms with Gasteiger partial charge in [-0.05, 0) is 23.3 Å². The molecular formula is C21H21F3N2O. The number of halogens is 3. The Bertz CT molecular complexity index is 808. The van der Waals surface area contributed by atoms with Gasteiger partial charge in [0.2, 0.25) is 0 Å². The van der Waals surface area contributed by atoms with Crippen LogP contribution in [0.5, 0.6) is 0 Å². The molecule has 0 radical (unpaired) electrons. The normalized spacial score (nSPS) is 19.7. The molecule has 142 valence electrons. The molecule has 0 N–H and O–H groups in total. The highest BCUT2D eigenvalue weighted by molar-refractivity contribution is 6.01. The number of piperidine rings is 1. The van der Waals surface area contributed by atoms with Gasteiger partial charge in [0.25, 0.3) is 0 Å². The molecule has 0 unspecified atom stereocenters. The van der Waals surface area contributed by atoms with E-state index in [1.54, 1.807) is 12.1 Å². The SMILES string of the molecule is FC(F)(F)c1ccc(CN2CCC3(CC2)CC(c2ccccc2)=NO3)cc1. The van der Waals surface area contributed by atoms with E-state index in [-0.39, 0.29) is 5.60 Å². The molecule has 0 atom stereocenters. The summed E-state index contributed by atoms with van der Waals surface area (Å²) in [7, 11) is 0. The van der Waals surface area contributed by atoms with Crippen LogP contribution in [0.4, 0.5) is 13.2 Å². The summed E-state index contributed by atoms with van der Waals surface area (Å²) >= 11 is 0. The minimum Gasteiger partial charge on any atom is -0.388 e. The number of likely N-dealkylation sites (tertiary alicyclic amines) is 1. The average Bonchev–Trinajstić information content (AvgIpc) is 3.08. The predicted octanol–water partition coefficient (Wildman–Crippen LogP) is 4.86. The Kier molecular flexibility index (Phi) is 4.68. The number of benzene rings is 2. The second-order valence-electron chi connectivity index (χ2n) is 7.33. The van der Waals surface area contributed by atoms with Crippen LogP contribution in [-0.4, -0.2) is 29.3 Å². The third-order valence-electron chi connectivity index (χ3n) is 5.40. The Labute approximate surface area is 156 Å². The quantitative estimate of drug-likeness (QED) is 0.766. The number of oxime groups is 1. The Morgan fingerprint density at radius 2 is 1.63 bits per heavy atom. The van der Waals surface area contributed by atoms with Crippen molar-refractivity contribution in [2.75, 3.05) is 13.1 Å². The maximum absolute atomic E-state index is 12.7. The van der Waals surface area contributed by atoms with E-state index in [0.29, 0.717) is 6.54 Å². The maximum Gasteiger partial charge on any atom is 0.416 e. The smallest absolute Gasteiger partial charge is 0.388 e. The van der Waals surface area contributed by atoms with Gasteiger partial charge in [-0.3, -0.25) is 4.90 Å². The van der Waals surface area contributed by atoms with Crippen molar-refractivity contribution >= 4 is 5.71 Å². The second kappa shape index (κ2) is 7.00. The highest BCUT2D eigenvalue weighted by Gasteiger charge is 2.42. The molecule has 4 rings (SSSR count). The van der Waals surface area contributed by atoms with Crippen LogP contribution in [0.2, 0.25) is 0 Å². The van der Waals surface area contributed by atoms with Crippen molar-refractivity contribution in [2.45, 2.75) is 37.6 Å². The Balaban J connectivity index is 1.32. The van der Waals surface area contributed by atoms with Crippen LogP contribution in [-0.2, 0) is 17.6 Å². The van der Waals surface area contributed by atoms with Crippen molar-refractivity contribution in [3.05, 3.63) is 71.3 Å². The van der Waals surface area contributed by atoms with E-state index in [9.17, 15) is 13.2 Å². The van der Waals surface area contributed by atoms with Crippen LogP contribution >= 0.6 is 0 Å². The van der Waals surface area contributed by atoms with E-state index in [2.05, 4.69) is 10.1 Å². The molecule has 2 aromatic rings. The van der Waals surface area contributed by atoms with Gasteiger partial charge in [0.15, 0.2) is 0 Å². The molecule has 2 aliphatic heterocycles. The minimum atomic E-state index is -4.29. The summed E-state index contributed by atoms with van der Waals surface area (Å²) in [6.07, 6.45) is -1.74. The largest absolute Gasteiger partial charge is 0.416 e. The van der Waals surface area contributed by atoms with Crippen LogP contribution < -0.4 is 0 Å². The summed E-state index contributed by atoms with van der Waals surface area (Å²) in [5, 5.41) is 4.32. The van der Waals surface area contributed by atoms with Gasteiger partial charge in [-0.25, -0.2) is 0 Å². The molecule has 2 aliphatic rings. The van der Waals surface area contributed by atoms with Gasteiger partial charge in [-0.2, -0.15) is 13.2 Å². The van der Waals surface area contributed by atoms with Gasteiger partial charge < -0.3 is 4.84 Å². The number of alkyl halides is 3. The Morgan fingerprint density at radius 3 is 2.26 bits per heavy atom. The molecule has 0 saturated carbocycles. The average molecular weight is 374 g/mol. The van der Waals surface area contributed by atoms with E-state index in [0.717, 1.165) is 61.3 Å². The summed E-state index contributed by atoms with van der Waals surface area (Å²) in [5.74, 6) is 0. The fraction of sp³-hybridized carbons (Fsp3) is 0.381. The topological polar surface area (TPSA) is 24.8 Å². The molecule has 1 spiro atoms. The fourth-order valence-electron chi connectivity index (χ4n) is 3.75. The molecule has 1 fully saturated rings. The van der Waals surface area contributed by atoms with E-state index in [1.807, 2.05) is 30.3 Å². The number of hydrogen-bond donors (Lipinski definition) is 0. The zero-order valence-corrected chi connectivity index (χ0v) is 14.9. The summed E-state index contributed by atoms with van der Waals surface area (Å²) in [4.78, 5) is 8.10. The van der Waals surface area contributed by atoms with Crippen molar-refractivity contribution in [3.63, 3.8) is 0 Å². The Hall–Kier alpha value is -2.34. The lowest BCUT2D eigenvalue weighted by molar-refractivity contribution is -0.137. The lowest BCUT2D eigenvalue weighted by atomic mass is 9.85. The molecule has 1 saturated heterocycles. The molecule has 0 amide bonds. The van der Waals surface area contributed by atoms with Crippen molar-refractivity contribution in [1.82, 2.24) is 4.90 Å². The fourth-order valence-corrected chi connectivity index (χ4v) is 3.75. The number of rotatable bonds is 3. The van der Waals surface area contributed by atoms with Gasteiger partial charge in [0.1, 0.15) is 5.60 Å². The lowest BCUT2D eigenvalue weighted by Gasteiger charge is -2.37. The van der Waals surface area contributed by atoms with Crippen molar-refractivity contribution in [2.24, 2.45) is 5.16 Å². The van der Waals surface area contributed by atoms with Gasteiger partial charge >= 0.3 is 6.18 Å². The lowest BCUT2D eigenvalue weighted by Crippen LogP contribution is -2.44. The first kappa shape index (κ1) is 18.0. The van der Waals surface area contributed by atoms with Crippen LogP contribution in [0.15, 0.2) is 59.8 Å². The van der Waals surface area contributed by atoms with E-state index in [4.69, 9.17) is 4.84 Å². The van der Waals surface area contributed by atoms with Gasteiger partial charge in [-0.15, -0.1) is 0 Å². The summed E-state index contributed by atoms with van der Waals surface area (Å²) in [6, 6.07) is 15.5. The molecule has 2 aromatic carbocycles. The van der Waals surface area contributed by atoms with Crippen molar-refractivity contribution < 1.29 is 18.0 Å². The Morgan fingerprint density at radius 1 is 0.963 bits per heavy atom. The zero-order valence-electron chi connectivity index (χ0n) is 14.9. The summed E-state index contributed by atoms with van der Waals surface area (Å²) < 4.78 is 38.0. The molecule has 3 nitrogen and oxygen atoms in total. The molecule has 2 heterocycles. The third-order valence-corrected chi connectivity index (χ3v) is 5.40. The van der Waals surface area contributed by atoms with E-state index in [1.165, 1.54) is 0 Å². The van der Waals surface area contributed by atoms with E-state index >= 15 is 0 Å². The highest BCUT2D eigenvalue weighted by Crippen LogP contribution is 2.36. The highest BCUT2D eigenvalue weighted by atomic mass is 19.4. The van der Waals surface area contributed by atoms with Gasteiger partial charge in [0, 0.05) is 38.9 Å². The number of hydrogen-bond acceptors (Lipinski definition) is 3. The van der Waals surface area contributed by atoms with Crippen LogP contribution in [0.1, 0.15) is 36.0 Å². The standard InChI is InChI=1S/C21H21F3N2O/c22-21(23,24)18-8-6-16(7-9-18)15-26-12-10-20(11-13-26)14-19(25-27-20)17-4-2-1-3-5-17/h1-9H,10-15H2. The first-order valence-corrected chi connectivity index (χ1v) is 9.13. The molecule has 0 aliphatic carbocycles. The third kappa shape index (κ3) is 4.00. The minimum absolute atomic E-state index is 0.234. The van der Waals surface area contributed by atoms with Gasteiger partial charge in [0.05, 0.1) is 11.3 Å². The predicted molar refractivity (Wildman–Crippen MR) is 97.4 cm³/mol. The van der Waals surface area contributed by atoms with Crippen LogP contribution in [0.3, 0.4) is 0 Å². The van der Waals surface area contributed by atoms with Crippen LogP contribution in [0, 0.1) is 0 Å². The first-order valence-electron chi connectivity index (χ1n) is 9.13. The summed E-state index contributed by atoms with van der Waals surface area (Å²) in [5.41, 5.74) is 2.15. The molecule has 27 heavy (non-hydrogen) atoms. The monoisotopic (exact) mass is 374 g/mol. The van der Waals surface area contributed by atoms with Crippen LogP contribution in [0.25, 0.3) is 0 Å².